The van der Waals surface area contributed by atoms with Gasteiger partial charge in [0, 0.05) is 5.02 Å². The molecule has 6 nitrogen and oxygen atoms in total. The predicted molar refractivity (Wildman–Crippen MR) is 130 cm³/mol. The van der Waals surface area contributed by atoms with Gasteiger partial charge in [-0.2, -0.15) is 0 Å². The second-order valence-electron chi connectivity index (χ2n) is 8.03. The minimum absolute atomic E-state index is 0.0109. The number of carbonyl (C=O) groups is 1. The van der Waals surface area contributed by atoms with Crippen molar-refractivity contribution in [2.75, 3.05) is 5.75 Å². The monoisotopic (exact) mass is 479 g/mol. The molecule has 4 aromatic rings. The van der Waals surface area contributed by atoms with Crippen molar-refractivity contribution >= 4 is 40.2 Å². The number of amides is 1. The van der Waals surface area contributed by atoms with Crippen LogP contribution in [0.25, 0.3) is 10.9 Å². The number of thioether (sulfide) groups is 1. The highest BCUT2D eigenvalue weighted by atomic mass is 35.5. The van der Waals surface area contributed by atoms with E-state index in [0.717, 1.165) is 19.3 Å². The van der Waals surface area contributed by atoms with Crippen molar-refractivity contribution in [3.05, 3.63) is 93.1 Å². The first kappa shape index (κ1) is 21.8. The van der Waals surface area contributed by atoms with Crippen LogP contribution in [0, 0.1) is 0 Å². The van der Waals surface area contributed by atoms with Gasteiger partial charge in [-0.3, -0.25) is 14.2 Å². The fourth-order valence-electron chi connectivity index (χ4n) is 4.25. The summed E-state index contributed by atoms with van der Waals surface area (Å²) in [6.07, 6.45) is 4.57. The number of aromatic nitrogens is 2. The Morgan fingerprint density at radius 2 is 2.09 bits per heavy atom. The van der Waals surface area contributed by atoms with Gasteiger partial charge in [-0.1, -0.05) is 47.6 Å². The van der Waals surface area contributed by atoms with Crippen LogP contribution in [-0.4, -0.2) is 21.2 Å². The first-order valence-corrected chi connectivity index (χ1v) is 12.2. The van der Waals surface area contributed by atoms with Gasteiger partial charge in [-0.05, 0) is 60.7 Å². The highest BCUT2D eigenvalue weighted by molar-refractivity contribution is 7.99. The molecule has 2 aromatic carbocycles. The van der Waals surface area contributed by atoms with Crippen LogP contribution >= 0.6 is 23.4 Å². The summed E-state index contributed by atoms with van der Waals surface area (Å²) >= 11 is 7.36. The summed E-state index contributed by atoms with van der Waals surface area (Å²) < 4.78 is 6.99. The number of halogens is 1. The summed E-state index contributed by atoms with van der Waals surface area (Å²) in [5, 5.41) is 4.58. The van der Waals surface area contributed by atoms with E-state index < -0.39 is 0 Å². The summed E-state index contributed by atoms with van der Waals surface area (Å²) in [7, 11) is 0. The Kier molecular flexibility index (Phi) is 6.24. The molecule has 0 aliphatic heterocycles. The molecule has 0 saturated heterocycles. The van der Waals surface area contributed by atoms with E-state index in [-0.39, 0.29) is 29.8 Å². The molecular formula is C25H22ClN3O3S. The van der Waals surface area contributed by atoms with Gasteiger partial charge < -0.3 is 9.73 Å². The van der Waals surface area contributed by atoms with Crippen LogP contribution in [0.2, 0.25) is 5.02 Å². The van der Waals surface area contributed by atoms with Crippen molar-refractivity contribution in [3.63, 3.8) is 0 Å². The maximum Gasteiger partial charge on any atom is 0.262 e. The van der Waals surface area contributed by atoms with E-state index in [4.69, 9.17) is 16.0 Å². The molecule has 1 amide bonds. The fraction of sp³-hybridized carbons (Fsp3) is 0.240. The lowest BCUT2D eigenvalue weighted by molar-refractivity contribution is -0.119. The van der Waals surface area contributed by atoms with Gasteiger partial charge in [-0.25, -0.2) is 4.98 Å². The van der Waals surface area contributed by atoms with Gasteiger partial charge in [0.1, 0.15) is 5.76 Å². The lowest BCUT2D eigenvalue weighted by Gasteiger charge is -2.26. The number of nitrogens with zero attached hydrogens (tertiary/aromatic N) is 2. The van der Waals surface area contributed by atoms with Crippen LogP contribution in [0.5, 0.6) is 0 Å². The molecule has 1 aliphatic rings. The molecule has 1 N–H and O–H groups in total. The van der Waals surface area contributed by atoms with Gasteiger partial charge in [0.15, 0.2) is 5.16 Å². The summed E-state index contributed by atoms with van der Waals surface area (Å²) in [6.45, 7) is 0.233. The predicted octanol–water partition coefficient (Wildman–Crippen LogP) is 4.98. The first-order valence-electron chi connectivity index (χ1n) is 10.8. The number of hydrogen-bond donors (Lipinski definition) is 1. The normalized spacial score (nSPS) is 15.4. The topological polar surface area (TPSA) is 77.1 Å². The average molecular weight is 480 g/mol. The Bertz CT molecular complexity index is 1370. The Hall–Kier alpha value is -3.03. The molecule has 2 aromatic heterocycles. The van der Waals surface area contributed by atoms with Crippen LogP contribution in [-0.2, 0) is 17.8 Å². The van der Waals surface area contributed by atoms with E-state index in [1.165, 1.54) is 22.9 Å². The maximum absolute atomic E-state index is 13.2. The van der Waals surface area contributed by atoms with Crippen LogP contribution in [0.1, 0.15) is 35.8 Å². The highest BCUT2D eigenvalue weighted by Gasteiger charge is 2.22. The quantitative estimate of drug-likeness (QED) is 0.312. The zero-order valence-corrected chi connectivity index (χ0v) is 19.4. The molecule has 0 saturated carbocycles. The molecule has 2 heterocycles. The smallest absolute Gasteiger partial charge is 0.262 e. The van der Waals surface area contributed by atoms with Gasteiger partial charge in [0.25, 0.3) is 5.56 Å². The third kappa shape index (κ3) is 4.70. The summed E-state index contributed by atoms with van der Waals surface area (Å²) in [5.41, 5.74) is 2.79. The molecule has 0 fully saturated rings. The molecular weight excluding hydrogens is 458 g/mol. The van der Waals surface area contributed by atoms with E-state index in [9.17, 15) is 9.59 Å². The average Bonchev–Trinajstić information content (AvgIpc) is 3.33. The van der Waals surface area contributed by atoms with Crippen LogP contribution in [0.3, 0.4) is 0 Å². The number of hydrogen-bond acceptors (Lipinski definition) is 5. The maximum atomic E-state index is 13.2. The van der Waals surface area contributed by atoms with E-state index in [2.05, 4.69) is 22.4 Å². The van der Waals surface area contributed by atoms with Crippen molar-refractivity contribution in [1.82, 2.24) is 14.9 Å². The van der Waals surface area contributed by atoms with E-state index >= 15 is 0 Å². The molecule has 0 bridgehead atoms. The zero-order valence-electron chi connectivity index (χ0n) is 17.8. The number of carbonyl (C=O) groups excluding carboxylic acids is 1. The Morgan fingerprint density at radius 3 is 2.94 bits per heavy atom. The summed E-state index contributed by atoms with van der Waals surface area (Å²) in [4.78, 5) is 30.7. The lowest BCUT2D eigenvalue weighted by atomic mass is 9.88. The minimum Gasteiger partial charge on any atom is -0.467 e. The van der Waals surface area contributed by atoms with Crippen LogP contribution < -0.4 is 10.9 Å². The second kappa shape index (κ2) is 9.45. The summed E-state index contributed by atoms with van der Waals surface area (Å²) in [5.74, 6) is 0.694. The molecule has 0 spiro atoms. The number of fused-ring (bicyclic) bond motifs is 2. The largest absolute Gasteiger partial charge is 0.467 e. The second-order valence-corrected chi connectivity index (χ2v) is 9.41. The SMILES string of the molecule is O=C(CSc1nc2cc(Cl)ccc2c(=O)n1Cc1ccco1)NC1CCCc2ccccc21. The first-order chi connectivity index (χ1) is 16.1. The molecule has 1 unspecified atom stereocenters. The van der Waals surface area contributed by atoms with Crippen molar-refractivity contribution in [2.45, 2.75) is 37.0 Å². The van der Waals surface area contributed by atoms with Gasteiger partial charge in [0.2, 0.25) is 5.91 Å². The Morgan fingerprint density at radius 1 is 1.21 bits per heavy atom. The summed E-state index contributed by atoms with van der Waals surface area (Å²) in [6, 6.07) is 16.9. The molecule has 5 rings (SSSR count). The van der Waals surface area contributed by atoms with Gasteiger partial charge in [-0.15, -0.1) is 0 Å². The third-order valence-corrected chi connectivity index (χ3v) is 7.02. The molecule has 1 aliphatic carbocycles. The minimum atomic E-state index is -0.197. The fourth-order valence-corrected chi connectivity index (χ4v) is 5.23. The van der Waals surface area contributed by atoms with E-state index in [0.29, 0.717) is 26.8 Å². The lowest BCUT2D eigenvalue weighted by Crippen LogP contribution is -2.32. The van der Waals surface area contributed by atoms with Crippen LogP contribution in [0.15, 0.2) is 75.2 Å². The molecule has 33 heavy (non-hydrogen) atoms. The Labute approximate surface area is 200 Å². The van der Waals surface area contributed by atoms with Crippen molar-refractivity contribution in [3.8, 4) is 0 Å². The number of rotatable bonds is 6. The van der Waals surface area contributed by atoms with Crippen molar-refractivity contribution < 1.29 is 9.21 Å². The van der Waals surface area contributed by atoms with Gasteiger partial charge >= 0.3 is 0 Å². The molecule has 1 atom stereocenters. The van der Waals surface area contributed by atoms with Crippen LogP contribution in [0.4, 0.5) is 0 Å². The van der Waals surface area contributed by atoms with Crippen molar-refractivity contribution in [2.24, 2.45) is 0 Å². The molecule has 168 valence electrons. The van der Waals surface area contributed by atoms with Crippen molar-refractivity contribution in [1.29, 1.82) is 0 Å². The van der Waals surface area contributed by atoms with E-state index in [1.54, 1.807) is 41.2 Å². The zero-order chi connectivity index (χ0) is 22.8. The number of nitrogens with one attached hydrogen (secondary N) is 1. The van der Waals surface area contributed by atoms with Gasteiger partial charge in [0.05, 0.1) is 35.5 Å². The van der Waals surface area contributed by atoms with E-state index in [1.807, 2.05) is 12.1 Å². The number of furan rings is 1. The highest BCUT2D eigenvalue weighted by Crippen LogP contribution is 2.29. The Balaban J connectivity index is 1.39. The molecule has 0 radical (unpaired) electrons. The standard InChI is InChI=1S/C25H22ClN3O3S/c26-17-10-11-20-22(13-17)28-25(29(24(20)31)14-18-7-4-12-32-18)33-15-23(30)27-21-9-3-6-16-5-1-2-8-19(16)21/h1-2,4-5,7-8,10-13,21H,3,6,9,14-15H2,(H,27,30). The molecule has 8 heteroatoms. The third-order valence-electron chi connectivity index (χ3n) is 5.81. The number of aryl methyl sites for hydroxylation is 1. The number of benzene rings is 2.